The summed E-state index contributed by atoms with van der Waals surface area (Å²) in [6, 6.07) is 0. The minimum Gasteiger partial charge on any atom is -0.383 e. The van der Waals surface area contributed by atoms with Gasteiger partial charge in [0.15, 0.2) is 0 Å². The number of ether oxygens (including phenoxy) is 1. The second kappa shape index (κ2) is 8.29. The molecule has 8 heteroatoms. The second-order valence-electron chi connectivity index (χ2n) is 3.95. The summed E-state index contributed by atoms with van der Waals surface area (Å²) in [5.74, 6) is 0.614. The summed E-state index contributed by atoms with van der Waals surface area (Å²) in [6.07, 6.45) is 3.92. The van der Waals surface area contributed by atoms with Gasteiger partial charge in [-0.15, -0.1) is 0 Å². The quantitative estimate of drug-likeness (QED) is 0.717. The van der Waals surface area contributed by atoms with E-state index in [4.69, 9.17) is 16.3 Å². The molecule has 1 aromatic rings. The van der Waals surface area contributed by atoms with Crippen molar-refractivity contribution in [3.63, 3.8) is 0 Å². The van der Waals surface area contributed by atoms with Crippen LogP contribution in [0.15, 0.2) is 11.0 Å². The first-order chi connectivity index (χ1) is 9.06. The van der Waals surface area contributed by atoms with Gasteiger partial charge in [0.1, 0.15) is 5.02 Å². The number of hydrogen-bond donors (Lipinski definition) is 1. The Bertz CT molecular complexity index is 493. The van der Waals surface area contributed by atoms with Crippen LogP contribution in [0.3, 0.4) is 0 Å². The molecule has 0 radical (unpaired) electrons. The molecule has 6 nitrogen and oxygen atoms in total. The van der Waals surface area contributed by atoms with Crippen LogP contribution in [0.5, 0.6) is 0 Å². The molecule has 0 aromatic carbocycles. The molecule has 0 amide bonds. The lowest BCUT2D eigenvalue weighted by atomic mass is 10.4. The molecular weight excluding hydrogens is 290 g/mol. The lowest BCUT2D eigenvalue weighted by Crippen LogP contribution is -2.26. The Morgan fingerprint density at radius 3 is 2.95 bits per heavy atom. The van der Waals surface area contributed by atoms with E-state index < -0.39 is 10.8 Å². The van der Waals surface area contributed by atoms with E-state index in [-0.39, 0.29) is 10.6 Å². The van der Waals surface area contributed by atoms with Crippen molar-refractivity contribution in [2.24, 2.45) is 0 Å². The van der Waals surface area contributed by atoms with Crippen molar-refractivity contribution in [1.82, 2.24) is 9.78 Å². The Morgan fingerprint density at radius 2 is 2.32 bits per heavy atom. The molecule has 0 bridgehead atoms. The summed E-state index contributed by atoms with van der Waals surface area (Å²) in [7, 11) is 0.747. The number of halogens is 1. The third-order valence-corrected chi connectivity index (χ3v) is 3.64. The van der Waals surface area contributed by atoms with Crippen molar-refractivity contribution < 1.29 is 8.95 Å². The minimum absolute atomic E-state index is 0.115. The summed E-state index contributed by atoms with van der Waals surface area (Å²) in [6.45, 7) is 1.37. The highest BCUT2D eigenvalue weighted by Gasteiger charge is 2.08. The maximum Gasteiger partial charge on any atom is 0.287 e. The van der Waals surface area contributed by atoms with Gasteiger partial charge in [-0.1, -0.05) is 11.6 Å². The fourth-order valence-electron chi connectivity index (χ4n) is 1.42. The Labute approximate surface area is 119 Å². The van der Waals surface area contributed by atoms with E-state index in [2.05, 4.69) is 10.4 Å². The van der Waals surface area contributed by atoms with E-state index in [1.807, 2.05) is 0 Å². The van der Waals surface area contributed by atoms with Crippen molar-refractivity contribution in [3.8, 4) is 0 Å². The fourth-order valence-corrected chi connectivity index (χ4v) is 2.19. The highest BCUT2D eigenvalue weighted by atomic mass is 35.5. The zero-order valence-corrected chi connectivity index (χ0v) is 12.6. The average Bonchev–Trinajstić information content (AvgIpc) is 2.38. The molecule has 0 aliphatic heterocycles. The van der Waals surface area contributed by atoms with Crippen LogP contribution in [0.25, 0.3) is 0 Å². The first-order valence-electron chi connectivity index (χ1n) is 5.84. The molecule has 1 atom stereocenters. The fraction of sp³-hybridized carbons (Fsp3) is 0.636. The van der Waals surface area contributed by atoms with Crippen LogP contribution in [-0.4, -0.2) is 46.3 Å². The van der Waals surface area contributed by atoms with Gasteiger partial charge in [0.2, 0.25) is 0 Å². The molecule has 0 aliphatic rings. The lowest BCUT2D eigenvalue weighted by molar-refractivity contribution is 0.182. The SMILES string of the molecule is COCCn1ncc(NCCCS(C)=O)c(Cl)c1=O. The summed E-state index contributed by atoms with van der Waals surface area (Å²) in [5, 5.41) is 7.14. The van der Waals surface area contributed by atoms with Gasteiger partial charge < -0.3 is 10.1 Å². The van der Waals surface area contributed by atoms with Gasteiger partial charge in [0.05, 0.1) is 25.0 Å². The number of hydrogen-bond acceptors (Lipinski definition) is 5. The maximum absolute atomic E-state index is 11.9. The average molecular weight is 308 g/mol. The number of nitrogens with one attached hydrogen (secondary N) is 1. The summed E-state index contributed by atoms with van der Waals surface area (Å²) < 4.78 is 17.0. The minimum atomic E-state index is -0.809. The van der Waals surface area contributed by atoms with Crippen molar-refractivity contribution in [1.29, 1.82) is 0 Å². The summed E-state index contributed by atoms with van der Waals surface area (Å²) >= 11 is 5.98. The van der Waals surface area contributed by atoms with E-state index >= 15 is 0 Å². The van der Waals surface area contributed by atoms with Gasteiger partial charge in [-0.05, 0) is 6.42 Å². The van der Waals surface area contributed by atoms with E-state index in [1.54, 1.807) is 13.4 Å². The van der Waals surface area contributed by atoms with E-state index in [1.165, 1.54) is 10.9 Å². The van der Waals surface area contributed by atoms with Gasteiger partial charge in [-0.3, -0.25) is 9.00 Å². The maximum atomic E-state index is 11.9. The molecule has 1 heterocycles. The third-order valence-electron chi connectivity index (χ3n) is 2.42. The molecule has 108 valence electrons. The van der Waals surface area contributed by atoms with Crippen LogP contribution < -0.4 is 10.9 Å². The zero-order chi connectivity index (χ0) is 14.3. The van der Waals surface area contributed by atoms with Crippen LogP contribution in [0, 0.1) is 0 Å². The van der Waals surface area contributed by atoms with Crippen molar-refractivity contribution in [2.75, 3.05) is 37.6 Å². The smallest absolute Gasteiger partial charge is 0.287 e. The molecule has 0 spiro atoms. The second-order valence-corrected chi connectivity index (χ2v) is 5.88. The Hall–Kier alpha value is -0.920. The number of methoxy groups -OCH3 is 1. The highest BCUT2D eigenvalue weighted by molar-refractivity contribution is 7.84. The summed E-state index contributed by atoms with van der Waals surface area (Å²) in [5.41, 5.74) is 0.157. The van der Waals surface area contributed by atoms with E-state index in [0.29, 0.717) is 31.1 Å². The number of anilines is 1. The first kappa shape index (κ1) is 16.1. The monoisotopic (exact) mass is 307 g/mol. The van der Waals surface area contributed by atoms with Crippen molar-refractivity contribution >= 4 is 28.1 Å². The number of rotatable bonds is 8. The molecule has 1 rings (SSSR count). The van der Waals surface area contributed by atoms with Crippen LogP contribution in [-0.2, 0) is 22.1 Å². The van der Waals surface area contributed by atoms with Crippen LogP contribution in [0.2, 0.25) is 5.02 Å². The van der Waals surface area contributed by atoms with Crippen molar-refractivity contribution in [2.45, 2.75) is 13.0 Å². The molecule has 1 N–H and O–H groups in total. The predicted octanol–water partition coefficient (Wildman–Crippen LogP) is 0.724. The third kappa shape index (κ3) is 5.30. The van der Waals surface area contributed by atoms with Gasteiger partial charge in [0.25, 0.3) is 5.56 Å². The first-order valence-corrected chi connectivity index (χ1v) is 7.95. The van der Waals surface area contributed by atoms with E-state index in [0.717, 1.165) is 6.42 Å². The predicted molar refractivity (Wildman–Crippen MR) is 77.4 cm³/mol. The normalized spacial score (nSPS) is 12.4. The standard InChI is InChI=1S/C11H18ClN3O3S/c1-18-6-5-15-11(16)10(12)9(8-14-15)13-4-3-7-19(2)17/h8,13H,3-7H2,1-2H3. The van der Waals surface area contributed by atoms with E-state index in [9.17, 15) is 9.00 Å². The van der Waals surface area contributed by atoms with Gasteiger partial charge in [-0.25, -0.2) is 4.68 Å². The zero-order valence-electron chi connectivity index (χ0n) is 11.0. The van der Waals surface area contributed by atoms with Crippen LogP contribution in [0.1, 0.15) is 6.42 Å². The molecule has 0 fully saturated rings. The molecular formula is C11H18ClN3O3S. The topological polar surface area (TPSA) is 73.2 Å². The molecule has 19 heavy (non-hydrogen) atoms. The summed E-state index contributed by atoms with van der Waals surface area (Å²) in [4.78, 5) is 11.9. The number of nitrogens with zero attached hydrogens (tertiary/aromatic N) is 2. The Morgan fingerprint density at radius 1 is 1.58 bits per heavy atom. The molecule has 1 aromatic heterocycles. The lowest BCUT2D eigenvalue weighted by Gasteiger charge is -2.09. The Kier molecular flexibility index (Phi) is 7.04. The van der Waals surface area contributed by atoms with Crippen molar-refractivity contribution in [3.05, 3.63) is 21.6 Å². The molecule has 0 saturated heterocycles. The van der Waals surface area contributed by atoms with Crippen LogP contribution >= 0.6 is 11.6 Å². The highest BCUT2D eigenvalue weighted by Crippen LogP contribution is 2.14. The van der Waals surface area contributed by atoms with Gasteiger partial charge in [0, 0.05) is 36.5 Å². The molecule has 1 unspecified atom stereocenters. The molecule has 0 aliphatic carbocycles. The number of aromatic nitrogens is 2. The largest absolute Gasteiger partial charge is 0.383 e. The Balaban J connectivity index is 2.63. The van der Waals surface area contributed by atoms with Crippen LogP contribution in [0.4, 0.5) is 5.69 Å². The van der Waals surface area contributed by atoms with Gasteiger partial charge in [-0.2, -0.15) is 5.10 Å². The molecule has 0 saturated carbocycles. The van der Waals surface area contributed by atoms with Gasteiger partial charge >= 0.3 is 0 Å².